The molecule has 0 aliphatic carbocycles. The van der Waals surface area contributed by atoms with Gasteiger partial charge in [0.1, 0.15) is 0 Å². The van der Waals surface area contributed by atoms with E-state index in [2.05, 4.69) is 75.6 Å². The van der Waals surface area contributed by atoms with E-state index >= 15 is 0 Å². The summed E-state index contributed by atoms with van der Waals surface area (Å²) >= 11 is 0. The van der Waals surface area contributed by atoms with Gasteiger partial charge in [0, 0.05) is 6.04 Å². The van der Waals surface area contributed by atoms with Crippen molar-refractivity contribution in [3.63, 3.8) is 0 Å². The highest BCUT2D eigenvalue weighted by Gasteiger charge is 2.09. The SMILES string of the molecule is CNC(Cc1cccc(C)c1)Cc1ccc(C)c(C)c1. The Morgan fingerprint density at radius 3 is 2.15 bits per heavy atom. The highest BCUT2D eigenvalue weighted by Crippen LogP contribution is 2.14. The first kappa shape index (κ1) is 14.8. The van der Waals surface area contributed by atoms with Crippen LogP contribution in [0.1, 0.15) is 27.8 Å². The summed E-state index contributed by atoms with van der Waals surface area (Å²) < 4.78 is 0. The average Bonchev–Trinajstić information content (AvgIpc) is 2.42. The van der Waals surface area contributed by atoms with Crippen LogP contribution >= 0.6 is 0 Å². The number of hydrogen-bond donors (Lipinski definition) is 1. The van der Waals surface area contributed by atoms with E-state index in [1.54, 1.807) is 0 Å². The first-order valence-electron chi connectivity index (χ1n) is 7.37. The Morgan fingerprint density at radius 2 is 1.55 bits per heavy atom. The fourth-order valence-electron chi connectivity index (χ4n) is 2.61. The molecule has 20 heavy (non-hydrogen) atoms. The highest BCUT2D eigenvalue weighted by atomic mass is 14.9. The van der Waals surface area contributed by atoms with Crippen LogP contribution in [-0.2, 0) is 12.8 Å². The van der Waals surface area contributed by atoms with Gasteiger partial charge in [-0.1, -0.05) is 48.0 Å². The number of likely N-dealkylation sites (N-methyl/N-ethyl adjacent to an activating group) is 1. The Kier molecular flexibility index (Phi) is 4.97. The van der Waals surface area contributed by atoms with Gasteiger partial charge in [0.05, 0.1) is 0 Å². The molecule has 0 aliphatic heterocycles. The summed E-state index contributed by atoms with van der Waals surface area (Å²) in [7, 11) is 2.06. The predicted molar refractivity (Wildman–Crippen MR) is 87.4 cm³/mol. The zero-order chi connectivity index (χ0) is 14.5. The van der Waals surface area contributed by atoms with Gasteiger partial charge in [0.25, 0.3) is 0 Å². The summed E-state index contributed by atoms with van der Waals surface area (Å²) in [5, 5.41) is 3.45. The van der Waals surface area contributed by atoms with E-state index in [4.69, 9.17) is 0 Å². The molecule has 2 aromatic rings. The van der Waals surface area contributed by atoms with Crippen molar-refractivity contribution in [1.29, 1.82) is 0 Å². The van der Waals surface area contributed by atoms with Crippen LogP contribution in [0.3, 0.4) is 0 Å². The van der Waals surface area contributed by atoms with Crippen LogP contribution in [0.2, 0.25) is 0 Å². The standard InChI is InChI=1S/C19H25N/c1-14-6-5-7-17(10-14)12-19(20-4)13-18-9-8-15(2)16(3)11-18/h5-11,19-20H,12-13H2,1-4H3. The van der Waals surface area contributed by atoms with Crippen LogP contribution in [-0.4, -0.2) is 13.1 Å². The van der Waals surface area contributed by atoms with Gasteiger partial charge in [-0.05, 0) is 62.9 Å². The second-order valence-corrected chi connectivity index (χ2v) is 5.80. The van der Waals surface area contributed by atoms with Gasteiger partial charge in [0.2, 0.25) is 0 Å². The van der Waals surface area contributed by atoms with Crippen LogP contribution in [0.4, 0.5) is 0 Å². The lowest BCUT2D eigenvalue weighted by Gasteiger charge is -2.17. The molecule has 1 N–H and O–H groups in total. The Morgan fingerprint density at radius 1 is 0.850 bits per heavy atom. The quantitative estimate of drug-likeness (QED) is 0.864. The maximum Gasteiger partial charge on any atom is 0.0145 e. The zero-order valence-electron chi connectivity index (χ0n) is 13.0. The van der Waals surface area contributed by atoms with Gasteiger partial charge in [-0.2, -0.15) is 0 Å². The zero-order valence-corrected chi connectivity index (χ0v) is 13.0. The van der Waals surface area contributed by atoms with Gasteiger partial charge in [-0.25, -0.2) is 0 Å². The van der Waals surface area contributed by atoms with Gasteiger partial charge in [-0.3, -0.25) is 0 Å². The van der Waals surface area contributed by atoms with Gasteiger partial charge >= 0.3 is 0 Å². The topological polar surface area (TPSA) is 12.0 Å². The van der Waals surface area contributed by atoms with Crippen LogP contribution in [0.25, 0.3) is 0 Å². The molecule has 0 heterocycles. The lowest BCUT2D eigenvalue weighted by atomic mass is 9.96. The number of rotatable bonds is 5. The molecule has 2 rings (SSSR count). The molecule has 1 nitrogen and oxygen atoms in total. The lowest BCUT2D eigenvalue weighted by Crippen LogP contribution is -2.30. The Bertz CT molecular complexity index is 572. The van der Waals surface area contributed by atoms with Crippen molar-refractivity contribution < 1.29 is 0 Å². The molecule has 0 bridgehead atoms. The maximum atomic E-state index is 3.45. The average molecular weight is 267 g/mol. The second-order valence-electron chi connectivity index (χ2n) is 5.80. The molecule has 1 heteroatoms. The van der Waals surface area contributed by atoms with E-state index in [0.717, 1.165) is 12.8 Å². The molecular weight excluding hydrogens is 242 g/mol. The summed E-state index contributed by atoms with van der Waals surface area (Å²) in [6.45, 7) is 6.51. The molecule has 0 aromatic heterocycles. The first-order valence-corrected chi connectivity index (χ1v) is 7.37. The van der Waals surface area contributed by atoms with Crippen molar-refractivity contribution in [2.45, 2.75) is 39.7 Å². The van der Waals surface area contributed by atoms with Crippen molar-refractivity contribution in [3.05, 3.63) is 70.3 Å². The summed E-state index contributed by atoms with van der Waals surface area (Å²) in [4.78, 5) is 0. The van der Waals surface area contributed by atoms with E-state index < -0.39 is 0 Å². The molecule has 2 aromatic carbocycles. The molecule has 0 saturated heterocycles. The minimum atomic E-state index is 0.485. The Balaban J connectivity index is 2.07. The molecular formula is C19H25N. The van der Waals surface area contributed by atoms with Crippen molar-refractivity contribution in [1.82, 2.24) is 5.32 Å². The molecule has 0 fully saturated rings. The van der Waals surface area contributed by atoms with Crippen LogP contribution in [0.5, 0.6) is 0 Å². The smallest absolute Gasteiger partial charge is 0.0145 e. The first-order chi connectivity index (χ1) is 9.58. The molecule has 0 spiro atoms. The largest absolute Gasteiger partial charge is 0.316 e. The third-order valence-electron chi connectivity index (χ3n) is 4.03. The Labute approximate surface area is 123 Å². The fourth-order valence-corrected chi connectivity index (χ4v) is 2.61. The second kappa shape index (κ2) is 6.71. The van der Waals surface area contributed by atoms with Crippen molar-refractivity contribution in [2.75, 3.05) is 7.05 Å². The molecule has 1 unspecified atom stereocenters. The van der Waals surface area contributed by atoms with E-state index in [0.29, 0.717) is 6.04 Å². The van der Waals surface area contributed by atoms with Gasteiger partial charge in [0.15, 0.2) is 0 Å². The molecule has 0 saturated carbocycles. The van der Waals surface area contributed by atoms with Crippen molar-refractivity contribution >= 4 is 0 Å². The molecule has 106 valence electrons. The lowest BCUT2D eigenvalue weighted by molar-refractivity contribution is 0.556. The molecule has 0 radical (unpaired) electrons. The van der Waals surface area contributed by atoms with E-state index in [-0.39, 0.29) is 0 Å². The molecule has 1 atom stereocenters. The highest BCUT2D eigenvalue weighted by molar-refractivity contribution is 5.31. The number of benzene rings is 2. The normalized spacial score (nSPS) is 12.4. The summed E-state index contributed by atoms with van der Waals surface area (Å²) in [6.07, 6.45) is 2.15. The van der Waals surface area contributed by atoms with Crippen molar-refractivity contribution in [2.24, 2.45) is 0 Å². The van der Waals surface area contributed by atoms with Crippen molar-refractivity contribution in [3.8, 4) is 0 Å². The predicted octanol–water partition coefficient (Wildman–Crippen LogP) is 3.99. The van der Waals surface area contributed by atoms with E-state index in [1.165, 1.54) is 27.8 Å². The summed E-state index contributed by atoms with van der Waals surface area (Å²) in [6, 6.07) is 16.1. The monoisotopic (exact) mass is 267 g/mol. The number of nitrogens with one attached hydrogen (secondary N) is 1. The van der Waals surface area contributed by atoms with Crippen LogP contribution in [0, 0.1) is 20.8 Å². The Hall–Kier alpha value is -1.60. The number of aryl methyl sites for hydroxylation is 3. The third-order valence-corrected chi connectivity index (χ3v) is 4.03. The maximum absolute atomic E-state index is 3.45. The van der Waals surface area contributed by atoms with E-state index in [9.17, 15) is 0 Å². The number of hydrogen-bond acceptors (Lipinski definition) is 1. The summed E-state index contributed by atoms with van der Waals surface area (Å²) in [5.74, 6) is 0. The fraction of sp³-hybridized carbons (Fsp3) is 0.368. The third kappa shape index (κ3) is 3.94. The summed E-state index contributed by atoms with van der Waals surface area (Å²) in [5.41, 5.74) is 6.91. The minimum absolute atomic E-state index is 0.485. The minimum Gasteiger partial charge on any atom is -0.316 e. The van der Waals surface area contributed by atoms with E-state index in [1.807, 2.05) is 0 Å². The van der Waals surface area contributed by atoms with Crippen LogP contribution < -0.4 is 5.32 Å². The van der Waals surface area contributed by atoms with Gasteiger partial charge < -0.3 is 5.32 Å². The molecule has 0 amide bonds. The van der Waals surface area contributed by atoms with Gasteiger partial charge in [-0.15, -0.1) is 0 Å². The van der Waals surface area contributed by atoms with Crippen LogP contribution in [0.15, 0.2) is 42.5 Å². The molecule has 0 aliphatic rings.